The third-order valence-corrected chi connectivity index (χ3v) is 7.17. The van der Waals surface area contributed by atoms with E-state index < -0.39 is 0 Å². The number of hydrogen-bond donors (Lipinski definition) is 0. The van der Waals surface area contributed by atoms with E-state index in [1.807, 2.05) is 0 Å². The highest BCUT2D eigenvalue weighted by molar-refractivity contribution is 5.69. The summed E-state index contributed by atoms with van der Waals surface area (Å²) in [5.74, 6) is -0.0770. The van der Waals surface area contributed by atoms with Crippen LogP contribution in [0, 0.1) is 10.8 Å². The van der Waals surface area contributed by atoms with Crippen LogP contribution in [0.2, 0.25) is 0 Å². The van der Waals surface area contributed by atoms with Gasteiger partial charge in [0.1, 0.15) is 0 Å². The van der Waals surface area contributed by atoms with Crippen LogP contribution in [0.3, 0.4) is 0 Å². The maximum atomic E-state index is 12.0. The molecule has 0 unspecified atom stereocenters. The maximum Gasteiger partial charge on any atom is 0.305 e. The number of carbonyl (C=O) groups is 2. The molecule has 0 amide bonds. The summed E-state index contributed by atoms with van der Waals surface area (Å²) >= 11 is 0. The SMILES string of the molecule is CCCCCCC(C)(C)COC(=O)CCCCCCCCCCC(=O)OCC(C)(C)CCCCCC. The molecule has 0 spiro atoms. The molecular formula is C32H62O4. The number of hydrogen-bond acceptors (Lipinski definition) is 4. The molecule has 0 aromatic rings. The lowest BCUT2D eigenvalue weighted by atomic mass is 9.88. The van der Waals surface area contributed by atoms with Gasteiger partial charge in [-0.1, -0.05) is 131 Å². The normalized spacial score (nSPS) is 12.1. The lowest BCUT2D eigenvalue weighted by Gasteiger charge is -2.24. The van der Waals surface area contributed by atoms with Crippen molar-refractivity contribution in [1.82, 2.24) is 0 Å². The first-order valence-electron chi connectivity index (χ1n) is 15.4. The number of esters is 2. The minimum atomic E-state index is -0.0385. The molecule has 214 valence electrons. The standard InChI is InChI=1S/C32H62O4/c1-7-9-11-21-25-31(3,4)27-35-29(33)23-19-17-15-13-14-16-18-20-24-30(34)36-28-32(5,6)26-22-12-10-8-2/h7-28H2,1-6H3. The summed E-state index contributed by atoms with van der Waals surface area (Å²) in [5, 5.41) is 0. The van der Waals surface area contributed by atoms with Gasteiger partial charge in [-0.05, 0) is 36.5 Å². The predicted octanol–water partition coefficient (Wildman–Crippen LogP) is 9.97. The largest absolute Gasteiger partial charge is 0.465 e. The van der Waals surface area contributed by atoms with E-state index in [1.165, 1.54) is 77.0 Å². The fourth-order valence-electron chi connectivity index (χ4n) is 4.50. The van der Waals surface area contributed by atoms with E-state index in [0.29, 0.717) is 26.1 Å². The Bertz CT molecular complexity index is 490. The molecule has 0 saturated carbocycles. The quantitative estimate of drug-likeness (QED) is 0.0905. The topological polar surface area (TPSA) is 52.6 Å². The van der Waals surface area contributed by atoms with Gasteiger partial charge in [0.05, 0.1) is 13.2 Å². The number of rotatable bonds is 25. The Morgan fingerprint density at radius 2 is 0.778 bits per heavy atom. The fraction of sp³-hybridized carbons (Fsp3) is 0.938. The number of unbranched alkanes of at least 4 members (excludes halogenated alkanes) is 13. The minimum absolute atomic E-state index is 0.0385. The van der Waals surface area contributed by atoms with Gasteiger partial charge >= 0.3 is 11.9 Å². The van der Waals surface area contributed by atoms with Crippen molar-refractivity contribution in [2.45, 2.75) is 170 Å². The highest BCUT2D eigenvalue weighted by atomic mass is 16.5. The van der Waals surface area contributed by atoms with Crippen molar-refractivity contribution in [3.8, 4) is 0 Å². The monoisotopic (exact) mass is 510 g/mol. The van der Waals surface area contributed by atoms with Gasteiger partial charge in [-0.3, -0.25) is 9.59 Å². The van der Waals surface area contributed by atoms with E-state index in [2.05, 4.69) is 41.5 Å². The van der Waals surface area contributed by atoms with Gasteiger partial charge in [-0.15, -0.1) is 0 Å². The Morgan fingerprint density at radius 1 is 0.472 bits per heavy atom. The summed E-state index contributed by atoms with van der Waals surface area (Å²) in [5.41, 5.74) is 0.176. The summed E-state index contributed by atoms with van der Waals surface area (Å²) in [6.07, 6.45) is 22.2. The molecule has 0 atom stereocenters. The second kappa shape index (κ2) is 22.0. The second-order valence-corrected chi connectivity index (χ2v) is 12.6. The third-order valence-electron chi connectivity index (χ3n) is 7.17. The molecule has 0 aromatic heterocycles. The van der Waals surface area contributed by atoms with Crippen molar-refractivity contribution < 1.29 is 19.1 Å². The summed E-state index contributed by atoms with van der Waals surface area (Å²) in [6, 6.07) is 0. The summed E-state index contributed by atoms with van der Waals surface area (Å²) in [4.78, 5) is 24.1. The molecule has 4 nitrogen and oxygen atoms in total. The van der Waals surface area contributed by atoms with Crippen LogP contribution in [0.5, 0.6) is 0 Å². The van der Waals surface area contributed by atoms with Gasteiger partial charge in [0.25, 0.3) is 0 Å². The molecule has 0 aliphatic rings. The molecular weight excluding hydrogens is 448 g/mol. The van der Waals surface area contributed by atoms with Crippen LogP contribution in [-0.2, 0) is 19.1 Å². The Kier molecular flexibility index (Phi) is 21.3. The number of ether oxygens (including phenoxy) is 2. The van der Waals surface area contributed by atoms with Gasteiger partial charge in [0.2, 0.25) is 0 Å². The smallest absolute Gasteiger partial charge is 0.305 e. The molecule has 0 bridgehead atoms. The van der Waals surface area contributed by atoms with Crippen LogP contribution in [0.15, 0.2) is 0 Å². The zero-order valence-electron chi connectivity index (χ0n) is 25.2. The zero-order chi connectivity index (χ0) is 27.1. The molecule has 0 aromatic carbocycles. The maximum absolute atomic E-state index is 12.0. The van der Waals surface area contributed by atoms with Crippen molar-refractivity contribution in [2.75, 3.05) is 13.2 Å². The average Bonchev–Trinajstić information content (AvgIpc) is 2.83. The Hall–Kier alpha value is -1.06. The van der Waals surface area contributed by atoms with E-state index in [4.69, 9.17) is 9.47 Å². The molecule has 0 aliphatic carbocycles. The van der Waals surface area contributed by atoms with E-state index >= 15 is 0 Å². The molecule has 0 fully saturated rings. The predicted molar refractivity (Wildman–Crippen MR) is 153 cm³/mol. The first-order chi connectivity index (χ1) is 17.1. The molecule has 4 heteroatoms. The van der Waals surface area contributed by atoms with Crippen molar-refractivity contribution in [2.24, 2.45) is 10.8 Å². The Morgan fingerprint density at radius 3 is 1.11 bits per heavy atom. The Labute approximate surface area is 225 Å². The highest BCUT2D eigenvalue weighted by Crippen LogP contribution is 2.25. The van der Waals surface area contributed by atoms with E-state index in [-0.39, 0.29) is 22.8 Å². The van der Waals surface area contributed by atoms with Gasteiger partial charge in [0, 0.05) is 12.8 Å². The third kappa shape index (κ3) is 23.3. The van der Waals surface area contributed by atoms with Crippen molar-refractivity contribution in [3.63, 3.8) is 0 Å². The van der Waals surface area contributed by atoms with Crippen LogP contribution in [0.1, 0.15) is 170 Å². The summed E-state index contributed by atoms with van der Waals surface area (Å²) in [6.45, 7) is 14.3. The first kappa shape index (κ1) is 34.9. The minimum Gasteiger partial charge on any atom is -0.465 e. The Balaban J connectivity index is 3.58. The van der Waals surface area contributed by atoms with Crippen molar-refractivity contribution >= 4 is 11.9 Å². The lowest BCUT2D eigenvalue weighted by Crippen LogP contribution is -2.22. The highest BCUT2D eigenvalue weighted by Gasteiger charge is 2.20. The van der Waals surface area contributed by atoms with Gasteiger partial charge in [0.15, 0.2) is 0 Å². The van der Waals surface area contributed by atoms with Gasteiger partial charge < -0.3 is 9.47 Å². The zero-order valence-corrected chi connectivity index (χ0v) is 25.2. The van der Waals surface area contributed by atoms with Crippen LogP contribution in [-0.4, -0.2) is 25.2 Å². The summed E-state index contributed by atoms with van der Waals surface area (Å²) < 4.78 is 11.1. The van der Waals surface area contributed by atoms with Gasteiger partial charge in [-0.2, -0.15) is 0 Å². The second-order valence-electron chi connectivity index (χ2n) is 12.6. The molecule has 0 rings (SSSR count). The van der Waals surface area contributed by atoms with E-state index in [9.17, 15) is 9.59 Å². The molecule has 0 saturated heterocycles. The van der Waals surface area contributed by atoms with Crippen LogP contribution in [0.25, 0.3) is 0 Å². The van der Waals surface area contributed by atoms with Crippen molar-refractivity contribution in [3.05, 3.63) is 0 Å². The van der Waals surface area contributed by atoms with E-state index in [1.54, 1.807) is 0 Å². The van der Waals surface area contributed by atoms with Crippen LogP contribution < -0.4 is 0 Å². The molecule has 0 N–H and O–H groups in total. The van der Waals surface area contributed by atoms with E-state index in [0.717, 1.165) is 38.5 Å². The van der Waals surface area contributed by atoms with Crippen LogP contribution in [0.4, 0.5) is 0 Å². The number of carbonyl (C=O) groups excluding carboxylic acids is 2. The lowest BCUT2D eigenvalue weighted by molar-refractivity contribution is -0.147. The first-order valence-corrected chi connectivity index (χ1v) is 15.4. The molecule has 0 aliphatic heterocycles. The van der Waals surface area contributed by atoms with Crippen molar-refractivity contribution in [1.29, 1.82) is 0 Å². The molecule has 36 heavy (non-hydrogen) atoms. The average molecular weight is 511 g/mol. The molecule has 0 radical (unpaired) electrons. The van der Waals surface area contributed by atoms with Crippen LogP contribution >= 0.6 is 0 Å². The molecule has 0 heterocycles. The van der Waals surface area contributed by atoms with Gasteiger partial charge in [-0.25, -0.2) is 0 Å². The fourth-order valence-corrected chi connectivity index (χ4v) is 4.50. The summed E-state index contributed by atoms with van der Waals surface area (Å²) in [7, 11) is 0.